The summed E-state index contributed by atoms with van der Waals surface area (Å²) < 4.78 is 15.7. The molecule has 0 amide bonds. The van der Waals surface area contributed by atoms with Crippen molar-refractivity contribution in [2.24, 2.45) is 0 Å². The first-order valence-corrected chi connectivity index (χ1v) is 6.88. The van der Waals surface area contributed by atoms with Crippen LogP contribution in [0.4, 0.5) is 4.79 Å². The molecular formula is C17H22O5. The lowest BCUT2D eigenvalue weighted by molar-refractivity contribution is -0.114. The molecule has 120 valence electrons. The van der Waals surface area contributed by atoms with Gasteiger partial charge in [0.05, 0.1) is 7.11 Å². The Kier molecular flexibility index (Phi) is 5.74. The number of hydrogen-bond acceptors (Lipinski definition) is 5. The third-order valence-electron chi connectivity index (χ3n) is 2.79. The van der Waals surface area contributed by atoms with Crippen LogP contribution in [-0.2, 0) is 14.3 Å². The van der Waals surface area contributed by atoms with E-state index >= 15 is 0 Å². The minimum atomic E-state index is -0.955. The summed E-state index contributed by atoms with van der Waals surface area (Å²) in [5.74, 6) is 0.220. The second-order valence-electron chi connectivity index (χ2n) is 5.79. The Morgan fingerprint density at radius 2 is 1.77 bits per heavy atom. The van der Waals surface area contributed by atoms with Crippen LogP contribution in [0.2, 0.25) is 0 Å². The molecule has 0 N–H and O–H groups in total. The molecule has 1 aromatic carbocycles. The van der Waals surface area contributed by atoms with Crippen molar-refractivity contribution in [3.05, 3.63) is 42.0 Å². The van der Waals surface area contributed by atoms with Crippen LogP contribution in [0.25, 0.3) is 0 Å². The van der Waals surface area contributed by atoms with E-state index in [0.717, 1.165) is 0 Å². The van der Waals surface area contributed by atoms with E-state index in [4.69, 9.17) is 14.2 Å². The average Bonchev–Trinajstić information content (AvgIpc) is 2.42. The van der Waals surface area contributed by atoms with Gasteiger partial charge in [0.25, 0.3) is 0 Å². The predicted molar refractivity (Wildman–Crippen MR) is 82.9 cm³/mol. The van der Waals surface area contributed by atoms with E-state index in [-0.39, 0.29) is 11.4 Å². The van der Waals surface area contributed by atoms with Gasteiger partial charge in [-0.25, -0.2) is 4.79 Å². The van der Waals surface area contributed by atoms with Crippen LogP contribution in [0.3, 0.4) is 0 Å². The summed E-state index contributed by atoms with van der Waals surface area (Å²) in [4.78, 5) is 23.6. The first-order chi connectivity index (χ1) is 10.2. The lowest BCUT2D eigenvalue weighted by Gasteiger charge is -2.24. The number of ether oxygens (including phenoxy) is 3. The summed E-state index contributed by atoms with van der Waals surface area (Å²) in [6.45, 7) is 10.3. The van der Waals surface area contributed by atoms with Crippen molar-refractivity contribution in [3.8, 4) is 5.75 Å². The Morgan fingerprint density at radius 1 is 1.18 bits per heavy atom. The van der Waals surface area contributed by atoms with Gasteiger partial charge in [-0.15, -0.1) is 0 Å². The van der Waals surface area contributed by atoms with Gasteiger partial charge in [0.15, 0.2) is 11.9 Å². The molecule has 0 aliphatic carbocycles. The van der Waals surface area contributed by atoms with Gasteiger partial charge in [0.2, 0.25) is 0 Å². The van der Waals surface area contributed by atoms with Crippen LogP contribution in [-0.4, -0.2) is 24.6 Å². The Morgan fingerprint density at radius 3 is 2.27 bits per heavy atom. The summed E-state index contributed by atoms with van der Waals surface area (Å²) in [5, 5.41) is 0. The maximum atomic E-state index is 11.9. The second-order valence-corrected chi connectivity index (χ2v) is 5.79. The Bertz CT molecular complexity index is 569. The van der Waals surface area contributed by atoms with E-state index in [1.54, 1.807) is 45.0 Å². The summed E-state index contributed by atoms with van der Waals surface area (Å²) >= 11 is 0. The number of benzene rings is 1. The third kappa shape index (κ3) is 4.91. The van der Waals surface area contributed by atoms with E-state index in [2.05, 4.69) is 6.58 Å². The molecule has 1 aromatic rings. The van der Waals surface area contributed by atoms with Crippen molar-refractivity contribution in [2.75, 3.05) is 7.11 Å². The maximum absolute atomic E-state index is 11.9. The SMILES string of the molecule is C=C(C(C)=O)C(OC(=O)OC(C)(C)C)c1ccccc1OC. The molecule has 0 aliphatic heterocycles. The molecule has 5 heteroatoms. The van der Waals surface area contributed by atoms with Crippen LogP contribution in [0.5, 0.6) is 5.75 Å². The fourth-order valence-electron chi connectivity index (χ4n) is 1.76. The molecule has 0 fully saturated rings. The van der Waals surface area contributed by atoms with Crippen molar-refractivity contribution in [1.82, 2.24) is 0 Å². The third-order valence-corrected chi connectivity index (χ3v) is 2.79. The minimum Gasteiger partial charge on any atom is -0.496 e. The number of Topliss-reactive ketones (excluding diaryl/α,β-unsaturated/α-hetero) is 1. The van der Waals surface area contributed by atoms with Crippen LogP contribution in [0, 0.1) is 0 Å². The molecule has 0 radical (unpaired) electrons. The minimum absolute atomic E-state index is 0.148. The van der Waals surface area contributed by atoms with Crippen LogP contribution >= 0.6 is 0 Å². The molecule has 0 saturated heterocycles. The highest BCUT2D eigenvalue weighted by atomic mass is 16.7. The molecule has 1 unspecified atom stereocenters. The molecule has 0 aromatic heterocycles. The van der Waals surface area contributed by atoms with Crippen molar-refractivity contribution in [1.29, 1.82) is 0 Å². The second kappa shape index (κ2) is 7.11. The zero-order valence-electron chi connectivity index (χ0n) is 13.6. The molecule has 5 nitrogen and oxygen atoms in total. The summed E-state index contributed by atoms with van der Waals surface area (Å²) in [7, 11) is 1.50. The zero-order valence-corrected chi connectivity index (χ0v) is 13.6. The van der Waals surface area contributed by atoms with Gasteiger partial charge >= 0.3 is 6.16 Å². The van der Waals surface area contributed by atoms with E-state index in [1.807, 2.05) is 0 Å². The first kappa shape index (κ1) is 17.8. The number of methoxy groups -OCH3 is 1. The number of carbonyl (C=O) groups excluding carboxylic acids is 2. The maximum Gasteiger partial charge on any atom is 0.509 e. The highest BCUT2D eigenvalue weighted by molar-refractivity contribution is 5.94. The van der Waals surface area contributed by atoms with Crippen LogP contribution < -0.4 is 4.74 Å². The highest BCUT2D eigenvalue weighted by Gasteiger charge is 2.28. The lowest BCUT2D eigenvalue weighted by Crippen LogP contribution is -2.26. The molecule has 0 bridgehead atoms. The zero-order chi connectivity index (χ0) is 16.9. The molecule has 1 rings (SSSR count). The molecule has 1 atom stereocenters. The highest BCUT2D eigenvalue weighted by Crippen LogP contribution is 2.33. The van der Waals surface area contributed by atoms with Gasteiger partial charge in [0.1, 0.15) is 11.4 Å². The average molecular weight is 306 g/mol. The summed E-state index contributed by atoms with van der Waals surface area (Å²) in [6, 6.07) is 6.97. The van der Waals surface area contributed by atoms with Crippen LogP contribution in [0.15, 0.2) is 36.4 Å². The molecule has 0 saturated carbocycles. The topological polar surface area (TPSA) is 61.8 Å². The molecule has 22 heavy (non-hydrogen) atoms. The molecule has 0 spiro atoms. The Balaban J connectivity index is 3.12. The summed E-state index contributed by atoms with van der Waals surface area (Å²) in [6.07, 6.45) is -1.82. The van der Waals surface area contributed by atoms with Gasteiger partial charge in [0, 0.05) is 11.1 Å². The van der Waals surface area contributed by atoms with Gasteiger partial charge in [-0.05, 0) is 33.8 Å². The number of para-hydroxylation sites is 1. The van der Waals surface area contributed by atoms with Crippen LogP contribution in [0.1, 0.15) is 39.4 Å². The normalized spacial score (nSPS) is 12.2. The molecule has 0 aliphatic rings. The largest absolute Gasteiger partial charge is 0.509 e. The number of ketones is 1. The quantitative estimate of drug-likeness (QED) is 0.611. The Labute approximate surface area is 130 Å². The molecular weight excluding hydrogens is 284 g/mol. The number of rotatable bonds is 5. The number of carbonyl (C=O) groups is 2. The summed E-state index contributed by atoms with van der Waals surface area (Å²) in [5.41, 5.74) is -0.00798. The molecule has 0 heterocycles. The fourth-order valence-corrected chi connectivity index (χ4v) is 1.76. The standard InChI is InChI=1S/C17H22O5/c1-11(12(2)18)15(21-16(19)22-17(3,4)5)13-9-7-8-10-14(13)20-6/h7-10,15H,1H2,2-6H3. The van der Waals surface area contributed by atoms with Crippen molar-refractivity contribution in [2.45, 2.75) is 39.4 Å². The lowest BCUT2D eigenvalue weighted by atomic mass is 9.99. The van der Waals surface area contributed by atoms with E-state index < -0.39 is 17.9 Å². The van der Waals surface area contributed by atoms with E-state index in [0.29, 0.717) is 11.3 Å². The van der Waals surface area contributed by atoms with Crippen molar-refractivity contribution in [3.63, 3.8) is 0 Å². The van der Waals surface area contributed by atoms with Crippen molar-refractivity contribution >= 4 is 11.9 Å². The number of hydrogen-bond donors (Lipinski definition) is 0. The van der Waals surface area contributed by atoms with E-state index in [1.165, 1.54) is 14.0 Å². The van der Waals surface area contributed by atoms with Gasteiger partial charge in [-0.2, -0.15) is 0 Å². The Hall–Kier alpha value is -2.30. The smallest absolute Gasteiger partial charge is 0.496 e. The van der Waals surface area contributed by atoms with Crippen molar-refractivity contribution < 1.29 is 23.8 Å². The first-order valence-electron chi connectivity index (χ1n) is 6.88. The fraction of sp³-hybridized carbons (Fsp3) is 0.412. The monoisotopic (exact) mass is 306 g/mol. The van der Waals surface area contributed by atoms with E-state index in [9.17, 15) is 9.59 Å². The van der Waals surface area contributed by atoms with Gasteiger partial charge in [-0.3, -0.25) is 4.79 Å². The van der Waals surface area contributed by atoms with Gasteiger partial charge < -0.3 is 14.2 Å². The predicted octanol–water partition coefficient (Wildman–Crippen LogP) is 3.83. The van der Waals surface area contributed by atoms with Gasteiger partial charge in [-0.1, -0.05) is 24.8 Å².